The van der Waals surface area contributed by atoms with Gasteiger partial charge in [-0.3, -0.25) is 0 Å². The summed E-state index contributed by atoms with van der Waals surface area (Å²) < 4.78 is 5.13. The van der Waals surface area contributed by atoms with E-state index in [0.717, 1.165) is 19.5 Å². The van der Waals surface area contributed by atoms with Crippen LogP contribution in [0, 0.1) is 9.54 Å². The lowest BCUT2D eigenvalue weighted by molar-refractivity contribution is 0.542. The largest absolute Gasteiger partial charge is 0.324 e. The van der Waals surface area contributed by atoms with E-state index in [1.165, 1.54) is 0 Å². The number of aromatic nitrogens is 4. The molecular weight excluding hydrogens is 252 g/mol. The minimum Gasteiger partial charge on any atom is -0.324 e. The molecule has 0 bridgehead atoms. The fourth-order valence-electron chi connectivity index (χ4n) is 1.53. The van der Waals surface area contributed by atoms with Crippen LogP contribution in [0.15, 0.2) is 36.9 Å². The molecule has 0 aliphatic rings. The maximum absolute atomic E-state index is 5.12. The van der Waals surface area contributed by atoms with Crippen molar-refractivity contribution in [2.24, 2.45) is 0 Å². The van der Waals surface area contributed by atoms with E-state index in [1.54, 1.807) is 12.4 Å². The summed E-state index contributed by atoms with van der Waals surface area (Å²) in [6.45, 7) is 1.67. The standard InChI is InChI=1S/C11H12N4S2/c16-10-12-4-1-6-14(10)8-3-9-15-7-2-5-13-11(15)17/h1-2,4-7H,3,8-9H2. The topological polar surface area (TPSA) is 35.6 Å². The zero-order chi connectivity index (χ0) is 12.1. The van der Waals surface area contributed by atoms with Gasteiger partial charge >= 0.3 is 0 Å². The summed E-state index contributed by atoms with van der Waals surface area (Å²) in [5.41, 5.74) is 0. The van der Waals surface area contributed by atoms with Crippen LogP contribution in [-0.2, 0) is 13.1 Å². The van der Waals surface area contributed by atoms with Crippen LogP contribution in [0.2, 0.25) is 0 Å². The number of aryl methyl sites for hydroxylation is 2. The van der Waals surface area contributed by atoms with Crippen LogP contribution in [0.25, 0.3) is 0 Å². The molecule has 0 amide bonds. The van der Waals surface area contributed by atoms with E-state index in [1.807, 2.05) is 33.7 Å². The normalized spacial score (nSPS) is 10.4. The van der Waals surface area contributed by atoms with Crippen molar-refractivity contribution < 1.29 is 0 Å². The van der Waals surface area contributed by atoms with E-state index < -0.39 is 0 Å². The van der Waals surface area contributed by atoms with Crippen LogP contribution < -0.4 is 0 Å². The second kappa shape index (κ2) is 5.79. The monoisotopic (exact) mass is 264 g/mol. The van der Waals surface area contributed by atoms with Gasteiger partial charge in [0.25, 0.3) is 0 Å². The highest BCUT2D eigenvalue weighted by Crippen LogP contribution is 1.97. The van der Waals surface area contributed by atoms with E-state index in [9.17, 15) is 0 Å². The fraction of sp³-hybridized carbons (Fsp3) is 0.273. The van der Waals surface area contributed by atoms with E-state index >= 15 is 0 Å². The lowest BCUT2D eigenvalue weighted by Gasteiger charge is -2.07. The van der Waals surface area contributed by atoms with Crippen LogP contribution in [0.5, 0.6) is 0 Å². The third kappa shape index (κ3) is 3.28. The van der Waals surface area contributed by atoms with Crippen molar-refractivity contribution in [2.45, 2.75) is 19.5 Å². The Bertz CT molecular complexity index is 549. The first kappa shape index (κ1) is 12.1. The van der Waals surface area contributed by atoms with Gasteiger partial charge in [0.05, 0.1) is 0 Å². The third-order valence-corrected chi connectivity index (χ3v) is 3.04. The van der Waals surface area contributed by atoms with Crippen LogP contribution in [-0.4, -0.2) is 19.1 Å². The van der Waals surface area contributed by atoms with Gasteiger partial charge in [0.2, 0.25) is 0 Å². The van der Waals surface area contributed by atoms with Crippen molar-refractivity contribution in [3.05, 3.63) is 46.5 Å². The zero-order valence-corrected chi connectivity index (χ0v) is 10.8. The van der Waals surface area contributed by atoms with E-state index in [4.69, 9.17) is 24.4 Å². The van der Waals surface area contributed by atoms with Gasteiger partial charge in [-0.1, -0.05) is 0 Å². The number of nitrogens with zero attached hydrogens (tertiary/aromatic N) is 4. The van der Waals surface area contributed by atoms with Crippen molar-refractivity contribution in [2.75, 3.05) is 0 Å². The predicted octanol–water partition coefficient (Wildman–Crippen LogP) is 2.63. The number of rotatable bonds is 4. The van der Waals surface area contributed by atoms with Crippen LogP contribution in [0.3, 0.4) is 0 Å². The van der Waals surface area contributed by atoms with Crippen LogP contribution >= 0.6 is 24.4 Å². The second-order valence-corrected chi connectivity index (χ2v) is 4.28. The van der Waals surface area contributed by atoms with Crippen LogP contribution in [0.1, 0.15) is 6.42 Å². The SMILES string of the molecule is S=c1ncccn1CCCn1cccnc1=S. The molecule has 0 atom stereocenters. The maximum atomic E-state index is 5.12. The molecule has 2 rings (SSSR count). The van der Waals surface area contributed by atoms with E-state index in [-0.39, 0.29) is 0 Å². The molecule has 6 heteroatoms. The Labute approximate surface area is 110 Å². The Hall–Kier alpha value is -1.40. The molecule has 0 saturated heterocycles. The summed E-state index contributed by atoms with van der Waals surface area (Å²) in [6.07, 6.45) is 8.24. The number of hydrogen-bond acceptors (Lipinski definition) is 4. The maximum Gasteiger partial charge on any atom is 0.199 e. The van der Waals surface area contributed by atoms with Gasteiger partial charge in [0.1, 0.15) is 0 Å². The molecule has 0 aliphatic heterocycles. The number of hydrogen-bond donors (Lipinski definition) is 0. The molecule has 0 aliphatic carbocycles. The molecular formula is C11H12N4S2. The van der Waals surface area contributed by atoms with Crippen molar-refractivity contribution in [3.8, 4) is 0 Å². The summed E-state index contributed by atoms with van der Waals surface area (Å²) in [6, 6.07) is 3.76. The smallest absolute Gasteiger partial charge is 0.199 e. The summed E-state index contributed by atoms with van der Waals surface area (Å²) in [4.78, 5) is 8.12. The quantitative estimate of drug-likeness (QED) is 0.795. The Morgan fingerprint density at radius 2 is 1.35 bits per heavy atom. The highest BCUT2D eigenvalue weighted by molar-refractivity contribution is 7.71. The molecule has 4 nitrogen and oxygen atoms in total. The van der Waals surface area contributed by atoms with Gasteiger partial charge in [0, 0.05) is 37.9 Å². The molecule has 0 fully saturated rings. The Morgan fingerprint density at radius 1 is 0.882 bits per heavy atom. The molecule has 2 heterocycles. The van der Waals surface area contributed by atoms with Gasteiger partial charge in [-0.05, 0) is 43.0 Å². The van der Waals surface area contributed by atoms with Gasteiger partial charge in [0.15, 0.2) is 9.54 Å². The van der Waals surface area contributed by atoms with E-state index in [2.05, 4.69) is 9.97 Å². The molecule has 2 aromatic rings. The molecule has 0 spiro atoms. The molecule has 0 saturated carbocycles. The molecule has 88 valence electrons. The lowest BCUT2D eigenvalue weighted by atomic mass is 10.4. The van der Waals surface area contributed by atoms with Crippen molar-refractivity contribution in [1.29, 1.82) is 0 Å². The highest BCUT2D eigenvalue weighted by atomic mass is 32.1. The van der Waals surface area contributed by atoms with Gasteiger partial charge in [-0.15, -0.1) is 0 Å². The first-order valence-corrected chi connectivity index (χ1v) is 6.12. The molecule has 0 N–H and O–H groups in total. The third-order valence-electron chi connectivity index (χ3n) is 2.36. The second-order valence-electron chi connectivity index (χ2n) is 3.54. The summed E-state index contributed by atoms with van der Waals surface area (Å²) in [5, 5.41) is 0. The van der Waals surface area contributed by atoms with E-state index in [0.29, 0.717) is 9.54 Å². The highest BCUT2D eigenvalue weighted by Gasteiger charge is 1.95. The summed E-state index contributed by atoms with van der Waals surface area (Å²) in [5.74, 6) is 0. The van der Waals surface area contributed by atoms with Gasteiger partial charge in [-0.2, -0.15) is 0 Å². The Balaban J connectivity index is 1.97. The van der Waals surface area contributed by atoms with Gasteiger partial charge < -0.3 is 9.13 Å². The summed E-state index contributed by atoms with van der Waals surface area (Å²) >= 11 is 10.2. The summed E-state index contributed by atoms with van der Waals surface area (Å²) in [7, 11) is 0. The van der Waals surface area contributed by atoms with Crippen molar-refractivity contribution in [1.82, 2.24) is 19.1 Å². The average Bonchev–Trinajstić information content (AvgIpc) is 2.34. The predicted molar refractivity (Wildman–Crippen MR) is 70.7 cm³/mol. The lowest BCUT2D eigenvalue weighted by Crippen LogP contribution is -2.07. The van der Waals surface area contributed by atoms with Crippen molar-refractivity contribution in [3.63, 3.8) is 0 Å². The average molecular weight is 264 g/mol. The molecule has 0 radical (unpaired) electrons. The van der Waals surface area contributed by atoms with Crippen molar-refractivity contribution >= 4 is 24.4 Å². The fourth-order valence-corrected chi connectivity index (χ4v) is 1.95. The minimum atomic E-state index is 0.613. The first-order chi connectivity index (χ1) is 8.27. The Kier molecular flexibility index (Phi) is 4.11. The molecule has 0 unspecified atom stereocenters. The Morgan fingerprint density at radius 3 is 1.76 bits per heavy atom. The first-order valence-electron chi connectivity index (χ1n) is 5.30. The molecule has 2 aromatic heterocycles. The minimum absolute atomic E-state index is 0.613. The zero-order valence-electron chi connectivity index (χ0n) is 9.19. The molecule has 17 heavy (non-hydrogen) atoms. The van der Waals surface area contributed by atoms with Crippen LogP contribution in [0.4, 0.5) is 0 Å². The van der Waals surface area contributed by atoms with Gasteiger partial charge in [-0.25, -0.2) is 9.97 Å². The molecule has 0 aromatic carbocycles.